The standard InChI is InChI=1S/C20H24N2O7S/c1-10-21-17-14(22(10)5)7-6-8-15(17)29-20-19(28-13(4)25)18(27-12(3)24)16(9-30-20)26-11(2)23/h6-8,16,18-20H,9H2,1-5H3/t16-,18+,19-,20+/m1/s1. The summed E-state index contributed by atoms with van der Waals surface area (Å²) in [5, 5.41) is 0. The van der Waals surface area contributed by atoms with Crippen LogP contribution in [0.4, 0.5) is 0 Å². The van der Waals surface area contributed by atoms with Crippen molar-refractivity contribution in [3.63, 3.8) is 0 Å². The van der Waals surface area contributed by atoms with Crippen LogP contribution in [-0.4, -0.2) is 57.0 Å². The fourth-order valence-electron chi connectivity index (χ4n) is 3.34. The fraction of sp³-hybridized carbons (Fsp3) is 0.500. The molecule has 9 nitrogen and oxygen atoms in total. The summed E-state index contributed by atoms with van der Waals surface area (Å²) in [5.41, 5.74) is 0.868. The highest BCUT2D eigenvalue weighted by molar-refractivity contribution is 7.99. The van der Waals surface area contributed by atoms with Gasteiger partial charge < -0.3 is 23.5 Å². The number of fused-ring (bicyclic) bond motifs is 1. The smallest absolute Gasteiger partial charge is 0.303 e. The van der Waals surface area contributed by atoms with E-state index in [1.165, 1.54) is 32.5 Å². The zero-order valence-corrected chi connectivity index (χ0v) is 18.2. The van der Waals surface area contributed by atoms with Gasteiger partial charge in [-0.15, -0.1) is 11.8 Å². The van der Waals surface area contributed by atoms with Crippen LogP contribution in [0.5, 0.6) is 5.75 Å². The summed E-state index contributed by atoms with van der Waals surface area (Å²) in [7, 11) is 1.91. The zero-order chi connectivity index (χ0) is 22.0. The number of rotatable bonds is 5. The second kappa shape index (κ2) is 8.95. The first-order chi connectivity index (χ1) is 14.2. The third-order valence-electron chi connectivity index (χ3n) is 4.65. The highest BCUT2D eigenvalue weighted by Gasteiger charge is 2.47. The number of nitrogens with zero attached hydrogens (tertiary/aromatic N) is 2. The van der Waals surface area contributed by atoms with Crippen LogP contribution in [-0.2, 0) is 35.6 Å². The number of carbonyl (C=O) groups excluding carboxylic acids is 3. The van der Waals surface area contributed by atoms with Crippen LogP contribution in [0.25, 0.3) is 11.0 Å². The Hall–Kier alpha value is -2.75. The van der Waals surface area contributed by atoms with Crippen LogP contribution in [0.1, 0.15) is 26.6 Å². The van der Waals surface area contributed by atoms with Crippen molar-refractivity contribution in [3.05, 3.63) is 24.0 Å². The molecule has 0 bridgehead atoms. The topological polar surface area (TPSA) is 106 Å². The van der Waals surface area contributed by atoms with Crippen molar-refractivity contribution in [1.82, 2.24) is 9.55 Å². The number of aryl methyl sites for hydroxylation is 2. The number of thioether (sulfide) groups is 1. The van der Waals surface area contributed by atoms with Gasteiger partial charge in [0.2, 0.25) is 0 Å². The van der Waals surface area contributed by atoms with E-state index in [2.05, 4.69) is 4.98 Å². The highest BCUT2D eigenvalue weighted by atomic mass is 32.2. The number of hydrogen-bond acceptors (Lipinski definition) is 9. The number of para-hydroxylation sites is 1. The molecule has 0 aliphatic carbocycles. The molecule has 1 saturated heterocycles. The van der Waals surface area contributed by atoms with Gasteiger partial charge in [0.05, 0.1) is 5.52 Å². The predicted molar refractivity (Wildman–Crippen MR) is 109 cm³/mol. The van der Waals surface area contributed by atoms with E-state index in [1.807, 2.05) is 30.7 Å². The lowest BCUT2D eigenvalue weighted by atomic mass is 10.1. The minimum Gasteiger partial charge on any atom is -0.473 e. The Morgan fingerprint density at radius 1 is 1.03 bits per heavy atom. The first kappa shape index (κ1) is 21.9. The van der Waals surface area contributed by atoms with Gasteiger partial charge in [-0.1, -0.05) is 6.07 Å². The van der Waals surface area contributed by atoms with E-state index in [0.29, 0.717) is 17.0 Å². The Morgan fingerprint density at radius 2 is 1.67 bits per heavy atom. The number of carbonyl (C=O) groups is 3. The Kier molecular flexibility index (Phi) is 6.55. The van der Waals surface area contributed by atoms with Crippen LogP contribution in [0.3, 0.4) is 0 Å². The van der Waals surface area contributed by atoms with Crippen molar-refractivity contribution >= 4 is 40.7 Å². The lowest BCUT2D eigenvalue weighted by Gasteiger charge is -2.39. The molecule has 10 heteroatoms. The fourth-order valence-corrected chi connectivity index (χ4v) is 4.54. The third kappa shape index (κ3) is 4.69. The van der Waals surface area contributed by atoms with Crippen LogP contribution in [0, 0.1) is 6.92 Å². The van der Waals surface area contributed by atoms with Crippen molar-refractivity contribution in [2.45, 2.75) is 51.4 Å². The summed E-state index contributed by atoms with van der Waals surface area (Å²) in [6.07, 6.45) is -2.74. The van der Waals surface area contributed by atoms with Gasteiger partial charge in [-0.3, -0.25) is 14.4 Å². The average molecular weight is 436 g/mol. The number of benzene rings is 1. The normalized spacial score (nSPS) is 23.6. The van der Waals surface area contributed by atoms with E-state index in [0.717, 1.165) is 11.3 Å². The summed E-state index contributed by atoms with van der Waals surface area (Å²) in [6, 6.07) is 5.55. The molecule has 0 unspecified atom stereocenters. The van der Waals surface area contributed by atoms with E-state index >= 15 is 0 Å². The van der Waals surface area contributed by atoms with Crippen LogP contribution >= 0.6 is 11.8 Å². The van der Waals surface area contributed by atoms with Crippen molar-refractivity contribution in [2.75, 3.05) is 5.75 Å². The predicted octanol–water partition coefficient (Wildman–Crippen LogP) is 2.13. The Morgan fingerprint density at radius 3 is 2.30 bits per heavy atom. The lowest BCUT2D eigenvalue weighted by molar-refractivity contribution is -0.186. The molecule has 1 aliphatic rings. The van der Waals surface area contributed by atoms with Crippen LogP contribution in [0.2, 0.25) is 0 Å². The summed E-state index contributed by atoms with van der Waals surface area (Å²) in [5.74, 6) is -0.0338. The summed E-state index contributed by atoms with van der Waals surface area (Å²) in [6.45, 7) is 5.65. The molecular weight excluding hydrogens is 412 g/mol. The maximum absolute atomic E-state index is 11.8. The van der Waals surface area contributed by atoms with E-state index in [4.69, 9.17) is 18.9 Å². The maximum atomic E-state index is 11.8. The molecule has 1 aliphatic heterocycles. The van der Waals surface area contributed by atoms with Crippen LogP contribution in [0.15, 0.2) is 18.2 Å². The number of aromatic nitrogens is 2. The molecule has 2 heterocycles. The van der Waals surface area contributed by atoms with Crippen LogP contribution < -0.4 is 4.74 Å². The summed E-state index contributed by atoms with van der Waals surface area (Å²) >= 11 is 1.31. The molecule has 0 amide bonds. The number of imidazole rings is 1. The van der Waals surface area contributed by atoms with E-state index in [1.54, 1.807) is 6.07 Å². The third-order valence-corrected chi connectivity index (χ3v) is 5.86. The van der Waals surface area contributed by atoms with Gasteiger partial charge in [-0.2, -0.15) is 0 Å². The Labute approximate surface area is 178 Å². The minimum absolute atomic E-state index is 0.303. The second-order valence-corrected chi connectivity index (χ2v) is 8.09. The molecule has 0 radical (unpaired) electrons. The monoisotopic (exact) mass is 436 g/mol. The largest absolute Gasteiger partial charge is 0.473 e. The van der Waals surface area contributed by atoms with Gasteiger partial charge >= 0.3 is 17.9 Å². The molecule has 30 heavy (non-hydrogen) atoms. The SMILES string of the molecule is CC(=O)O[C@@H]1[C@@H](OC(C)=O)[C@@H](Oc2cccc3c2nc(C)n3C)SC[C@H]1OC(C)=O. The summed E-state index contributed by atoms with van der Waals surface area (Å²) < 4.78 is 24.3. The number of ether oxygens (including phenoxy) is 4. The van der Waals surface area contributed by atoms with Gasteiger partial charge in [0, 0.05) is 33.6 Å². The second-order valence-electron chi connectivity index (χ2n) is 6.96. The van der Waals surface area contributed by atoms with E-state index in [-0.39, 0.29) is 0 Å². The molecule has 1 fully saturated rings. The summed E-state index contributed by atoms with van der Waals surface area (Å²) in [4.78, 5) is 39.5. The molecule has 4 atom stereocenters. The van der Waals surface area contributed by atoms with Gasteiger partial charge in [0.15, 0.2) is 23.7 Å². The van der Waals surface area contributed by atoms with Gasteiger partial charge in [0.1, 0.15) is 17.1 Å². The van der Waals surface area contributed by atoms with Crippen molar-refractivity contribution in [2.24, 2.45) is 7.05 Å². The van der Waals surface area contributed by atoms with Crippen molar-refractivity contribution in [3.8, 4) is 5.75 Å². The highest BCUT2D eigenvalue weighted by Crippen LogP contribution is 2.36. The zero-order valence-electron chi connectivity index (χ0n) is 17.4. The first-order valence-electron chi connectivity index (χ1n) is 9.39. The van der Waals surface area contributed by atoms with Gasteiger partial charge in [-0.05, 0) is 19.1 Å². The number of hydrogen-bond donors (Lipinski definition) is 0. The maximum Gasteiger partial charge on any atom is 0.303 e. The van der Waals surface area contributed by atoms with Gasteiger partial charge in [0.25, 0.3) is 0 Å². The molecule has 1 aromatic heterocycles. The molecule has 162 valence electrons. The molecule has 0 N–H and O–H groups in total. The Bertz CT molecular complexity index is 973. The van der Waals surface area contributed by atoms with Gasteiger partial charge in [-0.25, -0.2) is 4.98 Å². The quantitative estimate of drug-likeness (QED) is 0.515. The number of esters is 3. The van der Waals surface area contributed by atoms with Crippen molar-refractivity contribution in [1.29, 1.82) is 0 Å². The minimum atomic E-state index is -0.994. The molecular formula is C20H24N2O7S. The van der Waals surface area contributed by atoms with E-state index in [9.17, 15) is 14.4 Å². The molecule has 1 aromatic carbocycles. The molecule has 2 aromatic rings. The molecule has 0 saturated carbocycles. The van der Waals surface area contributed by atoms with E-state index < -0.39 is 41.7 Å². The first-order valence-corrected chi connectivity index (χ1v) is 10.4. The lowest BCUT2D eigenvalue weighted by Crippen LogP contribution is -2.55. The average Bonchev–Trinajstić information content (AvgIpc) is 2.94. The van der Waals surface area contributed by atoms with Crippen molar-refractivity contribution < 1.29 is 33.3 Å². The molecule has 3 rings (SSSR count). The molecule has 0 spiro atoms. The Balaban J connectivity index is 1.94.